The van der Waals surface area contributed by atoms with Gasteiger partial charge >= 0.3 is 0 Å². The van der Waals surface area contributed by atoms with Crippen LogP contribution >= 0.6 is 0 Å². The highest BCUT2D eigenvalue weighted by Gasteiger charge is 2.12. The summed E-state index contributed by atoms with van der Waals surface area (Å²) >= 11 is 0. The van der Waals surface area contributed by atoms with E-state index < -0.39 is 5.91 Å². The molecule has 0 aliphatic heterocycles. The van der Waals surface area contributed by atoms with Crippen molar-refractivity contribution < 1.29 is 9.21 Å². The summed E-state index contributed by atoms with van der Waals surface area (Å²) in [5, 5.41) is 12.1. The summed E-state index contributed by atoms with van der Waals surface area (Å²) in [6.07, 6.45) is 1.45. The minimum atomic E-state index is -0.461. The second kappa shape index (κ2) is 7.54. The monoisotopic (exact) mass is 342 g/mol. The molecular formula is C22H18N2O2. The average molecular weight is 342 g/mol. The number of anilines is 1. The summed E-state index contributed by atoms with van der Waals surface area (Å²) in [7, 11) is 0. The van der Waals surface area contributed by atoms with Gasteiger partial charge < -0.3 is 9.73 Å². The second-order valence-corrected chi connectivity index (χ2v) is 6.01. The molecular weight excluding hydrogens is 324 g/mol. The van der Waals surface area contributed by atoms with Gasteiger partial charge in [-0.1, -0.05) is 48.0 Å². The standard InChI is InChI=1S/C22H18N2O2/c1-15-8-10-20(16(2)12-15)24-22(25)18(14-23)13-19-9-11-21(26-19)17-6-4-3-5-7-17/h3-13H,1-2H3,(H,24,25). The number of carbonyl (C=O) groups is 1. The molecule has 0 aliphatic rings. The summed E-state index contributed by atoms with van der Waals surface area (Å²) in [4.78, 5) is 12.4. The maximum absolute atomic E-state index is 12.4. The van der Waals surface area contributed by atoms with E-state index in [0.29, 0.717) is 17.2 Å². The van der Waals surface area contributed by atoms with Crippen LogP contribution in [-0.4, -0.2) is 5.91 Å². The van der Waals surface area contributed by atoms with E-state index in [9.17, 15) is 10.1 Å². The molecule has 0 unspecified atom stereocenters. The molecule has 1 heterocycles. The van der Waals surface area contributed by atoms with Crippen LogP contribution in [0.5, 0.6) is 0 Å². The maximum Gasteiger partial charge on any atom is 0.266 e. The number of furan rings is 1. The van der Waals surface area contributed by atoms with Crippen LogP contribution in [0.2, 0.25) is 0 Å². The molecule has 4 heteroatoms. The Morgan fingerprint density at radius 1 is 1.08 bits per heavy atom. The topological polar surface area (TPSA) is 66.0 Å². The summed E-state index contributed by atoms with van der Waals surface area (Å²) in [6.45, 7) is 3.90. The third-order valence-corrected chi connectivity index (χ3v) is 3.97. The Balaban J connectivity index is 1.81. The van der Waals surface area contributed by atoms with Crippen molar-refractivity contribution >= 4 is 17.7 Å². The minimum Gasteiger partial charge on any atom is -0.457 e. The zero-order chi connectivity index (χ0) is 18.5. The molecule has 0 spiro atoms. The first kappa shape index (κ1) is 17.2. The highest BCUT2D eigenvalue weighted by molar-refractivity contribution is 6.09. The molecule has 0 saturated carbocycles. The van der Waals surface area contributed by atoms with Crippen molar-refractivity contribution in [3.8, 4) is 17.4 Å². The SMILES string of the molecule is Cc1ccc(NC(=O)C(C#N)=Cc2ccc(-c3ccccc3)o2)c(C)c1. The van der Waals surface area contributed by atoms with Crippen LogP contribution < -0.4 is 5.32 Å². The first-order valence-corrected chi connectivity index (χ1v) is 8.22. The molecule has 26 heavy (non-hydrogen) atoms. The van der Waals surface area contributed by atoms with Gasteiger partial charge in [0, 0.05) is 17.3 Å². The summed E-state index contributed by atoms with van der Waals surface area (Å²) in [5.41, 5.74) is 3.66. The van der Waals surface area contributed by atoms with Crippen LogP contribution in [-0.2, 0) is 4.79 Å². The van der Waals surface area contributed by atoms with E-state index in [-0.39, 0.29) is 5.57 Å². The van der Waals surface area contributed by atoms with E-state index in [1.54, 1.807) is 6.07 Å². The summed E-state index contributed by atoms with van der Waals surface area (Å²) < 4.78 is 5.73. The largest absolute Gasteiger partial charge is 0.457 e. The predicted octanol–water partition coefficient (Wildman–Crippen LogP) is 5.11. The normalized spacial score (nSPS) is 11.0. The molecule has 3 rings (SSSR count). The van der Waals surface area contributed by atoms with Gasteiger partial charge in [0.05, 0.1) is 0 Å². The zero-order valence-corrected chi connectivity index (χ0v) is 14.6. The van der Waals surface area contributed by atoms with Gasteiger partial charge in [0.2, 0.25) is 0 Å². The van der Waals surface area contributed by atoms with Crippen molar-refractivity contribution in [2.24, 2.45) is 0 Å². The molecule has 3 aromatic rings. The van der Waals surface area contributed by atoms with Crippen molar-refractivity contribution in [1.82, 2.24) is 0 Å². The fourth-order valence-electron chi connectivity index (χ4n) is 2.62. The third-order valence-electron chi connectivity index (χ3n) is 3.97. The van der Waals surface area contributed by atoms with Crippen molar-refractivity contribution in [3.63, 3.8) is 0 Å². The average Bonchev–Trinajstić information content (AvgIpc) is 3.11. The number of benzene rings is 2. The van der Waals surface area contributed by atoms with E-state index in [1.165, 1.54) is 6.08 Å². The van der Waals surface area contributed by atoms with Crippen molar-refractivity contribution in [3.05, 3.63) is 83.1 Å². The van der Waals surface area contributed by atoms with Crippen molar-refractivity contribution in [2.45, 2.75) is 13.8 Å². The van der Waals surface area contributed by atoms with Gasteiger partial charge in [-0.15, -0.1) is 0 Å². The quantitative estimate of drug-likeness (QED) is 0.529. The molecule has 1 N–H and O–H groups in total. The number of amides is 1. The lowest BCUT2D eigenvalue weighted by atomic mass is 10.1. The van der Waals surface area contributed by atoms with E-state index in [4.69, 9.17) is 4.42 Å². The maximum atomic E-state index is 12.4. The highest BCUT2D eigenvalue weighted by atomic mass is 16.3. The minimum absolute atomic E-state index is 0.0149. The summed E-state index contributed by atoms with van der Waals surface area (Å²) in [5.74, 6) is 0.678. The van der Waals surface area contributed by atoms with Gasteiger partial charge in [0.15, 0.2) is 0 Å². The molecule has 4 nitrogen and oxygen atoms in total. The highest BCUT2D eigenvalue weighted by Crippen LogP contribution is 2.23. The number of nitrogens with one attached hydrogen (secondary N) is 1. The number of rotatable bonds is 4. The fourth-order valence-corrected chi connectivity index (χ4v) is 2.62. The van der Waals surface area contributed by atoms with Crippen LogP contribution in [0.3, 0.4) is 0 Å². The Kier molecular flexibility index (Phi) is 5.00. The third kappa shape index (κ3) is 3.90. The Labute approximate surface area is 152 Å². The molecule has 0 saturated heterocycles. The Morgan fingerprint density at radius 3 is 2.54 bits per heavy atom. The predicted molar refractivity (Wildman–Crippen MR) is 102 cm³/mol. The Bertz CT molecular complexity index is 1010. The van der Waals surface area contributed by atoms with Gasteiger partial charge in [-0.2, -0.15) is 5.26 Å². The van der Waals surface area contributed by atoms with Crippen molar-refractivity contribution in [2.75, 3.05) is 5.32 Å². The molecule has 0 bridgehead atoms. The Morgan fingerprint density at radius 2 is 1.85 bits per heavy atom. The molecule has 1 amide bonds. The molecule has 0 atom stereocenters. The molecule has 0 fully saturated rings. The fraction of sp³-hybridized carbons (Fsp3) is 0.0909. The summed E-state index contributed by atoms with van der Waals surface area (Å²) in [6, 6.07) is 20.9. The van der Waals surface area contributed by atoms with E-state index in [2.05, 4.69) is 5.32 Å². The second-order valence-electron chi connectivity index (χ2n) is 6.01. The number of aryl methyl sites for hydroxylation is 2. The van der Waals surface area contributed by atoms with Gasteiger partial charge in [0.1, 0.15) is 23.2 Å². The number of hydrogen-bond donors (Lipinski definition) is 1. The van der Waals surface area contributed by atoms with Crippen molar-refractivity contribution in [1.29, 1.82) is 5.26 Å². The first-order chi connectivity index (χ1) is 12.6. The zero-order valence-electron chi connectivity index (χ0n) is 14.6. The smallest absolute Gasteiger partial charge is 0.266 e. The lowest BCUT2D eigenvalue weighted by molar-refractivity contribution is -0.112. The van der Waals surface area contributed by atoms with E-state index in [0.717, 1.165) is 16.7 Å². The molecule has 0 aliphatic carbocycles. The molecule has 0 radical (unpaired) electrons. The number of hydrogen-bond acceptors (Lipinski definition) is 3. The van der Waals surface area contributed by atoms with Crippen LogP contribution in [0.15, 0.2) is 70.7 Å². The van der Waals surface area contributed by atoms with Gasteiger partial charge in [-0.3, -0.25) is 4.79 Å². The number of carbonyl (C=O) groups excluding carboxylic acids is 1. The van der Waals surface area contributed by atoms with Gasteiger partial charge in [0.25, 0.3) is 5.91 Å². The molecule has 1 aromatic heterocycles. The number of nitriles is 1. The van der Waals surface area contributed by atoms with E-state index in [1.807, 2.05) is 74.5 Å². The lowest BCUT2D eigenvalue weighted by Gasteiger charge is -2.08. The first-order valence-electron chi connectivity index (χ1n) is 8.22. The van der Waals surface area contributed by atoms with Crippen LogP contribution in [0.1, 0.15) is 16.9 Å². The molecule has 128 valence electrons. The molecule has 2 aromatic carbocycles. The van der Waals surface area contributed by atoms with E-state index >= 15 is 0 Å². The Hall–Kier alpha value is -3.58. The van der Waals surface area contributed by atoms with Crippen LogP contribution in [0.4, 0.5) is 5.69 Å². The van der Waals surface area contributed by atoms with Gasteiger partial charge in [-0.25, -0.2) is 0 Å². The van der Waals surface area contributed by atoms with Crippen LogP contribution in [0.25, 0.3) is 17.4 Å². The lowest BCUT2D eigenvalue weighted by Crippen LogP contribution is -2.14. The number of nitrogens with zero attached hydrogens (tertiary/aromatic N) is 1. The van der Waals surface area contributed by atoms with Gasteiger partial charge in [-0.05, 0) is 37.6 Å². The van der Waals surface area contributed by atoms with Crippen LogP contribution in [0, 0.1) is 25.2 Å².